The minimum absolute atomic E-state index is 0.00213. The Morgan fingerprint density at radius 2 is 2.05 bits per heavy atom. The van der Waals surface area contributed by atoms with Gasteiger partial charge < -0.3 is 10.6 Å². The lowest BCUT2D eigenvalue weighted by Gasteiger charge is -2.42. The maximum absolute atomic E-state index is 12.8. The van der Waals surface area contributed by atoms with Gasteiger partial charge in [0, 0.05) is 30.6 Å². The number of nitrogens with zero attached hydrogens (tertiary/aromatic N) is 4. The third kappa shape index (κ3) is 2.36. The second kappa shape index (κ2) is 5.23. The molecule has 1 fully saturated rings. The van der Waals surface area contributed by atoms with Crippen LogP contribution in [0.15, 0.2) is 12.3 Å². The Kier molecular flexibility index (Phi) is 3.54. The van der Waals surface area contributed by atoms with Crippen molar-refractivity contribution in [3.63, 3.8) is 0 Å². The molecule has 1 amide bonds. The standard InChI is InChI=1S/C14H19N5OS/c1-8-6-19(7-9(2)18(8)3)14(20)12-11(15)10-4-5-16-17-13(10)21-12/h4-5,8-9H,6-7,15H2,1-3H3. The van der Waals surface area contributed by atoms with E-state index in [1.54, 1.807) is 12.3 Å². The lowest BCUT2D eigenvalue weighted by Crippen LogP contribution is -2.56. The number of hydrogen-bond acceptors (Lipinski definition) is 6. The maximum Gasteiger partial charge on any atom is 0.266 e. The van der Waals surface area contributed by atoms with Crippen LogP contribution in [0.2, 0.25) is 0 Å². The van der Waals surface area contributed by atoms with Crippen LogP contribution >= 0.6 is 11.3 Å². The zero-order chi connectivity index (χ0) is 15.1. The number of hydrogen-bond donors (Lipinski definition) is 1. The first-order valence-electron chi connectivity index (χ1n) is 7.00. The topological polar surface area (TPSA) is 75.3 Å². The minimum Gasteiger partial charge on any atom is -0.397 e. The lowest BCUT2D eigenvalue weighted by molar-refractivity contribution is 0.0419. The van der Waals surface area contributed by atoms with Gasteiger partial charge in [-0.3, -0.25) is 9.69 Å². The van der Waals surface area contributed by atoms with Gasteiger partial charge in [0.1, 0.15) is 9.71 Å². The molecule has 3 rings (SSSR count). The molecule has 2 aromatic heterocycles. The van der Waals surface area contributed by atoms with Crippen LogP contribution in [0, 0.1) is 0 Å². The fourth-order valence-corrected chi connectivity index (χ4v) is 3.75. The van der Waals surface area contributed by atoms with Crippen LogP contribution in [0.1, 0.15) is 23.5 Å². The molecule has 0 bridgehead atoms. The number of carbonyl (C=O) groups is 1. The third-order valence-corrected chi connectivity index (χ3v) is 5.36. The molecule has 2 atom stereocenters. The van der Waals surface area contributed by atoms with Crippen LogP contribution in [-0.2, 0) is 0 Å². The number of nitrogen functional groups attached to an aromatic ring is 1. The van der Waals surface area contributed by atoms with Crippen molar-refractivity contribution < 1.29 is 4.79 Å². The molecule has 0 radical (unpaired) electrons. The number of fused-ring (bicyclic) bond motifs is 1. The SMILES string of the molecule is CC1CN(C(=O)c2sc3nnccc3c2N)CC(C)N1C. The van der Waals surface area contributed by atoms with Gasteiger partial charge in [-0.05, 0) is 27.0 Å². The Labute approximate surface area is 127 Å². The highest BCUT2D eigenvalue weighted by molar-refractivity contribution is 7.21. The van der Waals surface area contributed by atoms with Crippen LogP contribution in [0.5, 0.6) is 0 Å². The van der Waals surface area contributed by atoms with Crippen molar-refractivity contribution in [2.75, 3.05) is 25.9 Å². The van der Waals surface area contributed by atoms with Crippen LogP contribution in [0.3, 0.4) is 0 Å². The Morgan fingerprint density at radius 1 is 1.38 bits per heavy atom. The summed E-state index contributed by atoms with van der Waals surface area (Å²) < 4.78 is 0. The fourth-order valence-electron chi connectivity index (χ4n) is 2.75. The van der Waals surface area contributed by atoms with E-state index < -0.39 is 0 Å². The molecule has 1 aliphatic rings. The molecule has 7 heteroatoms. The predicted molar refractivity (Wildman–Crippen MR) is 84.4 cm³/mol. The summed E-state index contributed by atoms with van der Waals surface area (Å²) in [5.41, 5.74) is 6.65. The smallest absolute Gasteiger partial charge is 0.266 e. The van der Waals surface area contributed by atoms with Crippen molar-refractivity contribution in [2.45, 2.75) is 25.9 Å². The van der Waals surface area contributed by atoms with Crippen molar-refractivity contribution in [1.82, 2.24) is 20.0 Å². The molecule has 0 spiro atoms. The molecule has 2 aromatic rings. The summed E-state index contributed by atoms with van der Waals surface area (Å²) in [6.45, 7) is 5.71. The van der Waals surface area contributed by atoms with E-state index in [9.17, 15) is 4.79 Å². The number of aromatic nitrogens is 2. The molecule has 6 nitrogen and oxygen atoms in total. The summed E-state index contributed by atoms with van der Waals surface area (Å²) in [6.07, 6.45) is 1.60. The Balaban J connectivity index is 1.92. The van der Waals surface area contributed by atoms with Crippen molar-refractivity contribution in [2.24, 2.45) is 0 Å². The predicted octanol–water partition coefficient (Wildman–Crippen LogP) is 1.44. The number of thiophene rings is 1. The van der Waals surface area contributed by atoms with Crippen LogP contribution < -0.4 is 5.73 Å². The molecular formula is C14H19N5OS. The number of rotatable bonds is 1. The van der Waals surface area contributed by atoms with Gasteiger partial charge in [-0.25, -0.2) is 0 Å². The summed E-state index contributed by atoms with van der Waals surface area (Å²) in [7, 11) is 2.10. The second-order valence-corrected chi connectivity index (χ2v) is 6.67. The quantitative estimate of drug-likeness (QED) is 0.863. The number of likely N-dealkylation sites (N-methyl/N-ethyl adjacent to an activating group) is 1. The largest absolute Gasteiger partial charge is 0.397 e. The average Bonchev–Trinajstić information content (AvgIpc) is 2.81. The van der Waals surface area contributed by atoms with Crippen LogP contribution in [-0.4, -0.2) is 58.1 Å². The van der Waals surface area contributed by atoms with E-state index in [-0.39, 0.29) is 5.91 Å². The van der Waals surface area contributed by atoms with Gasteiger partial charge >= 0.3 is 0 Å². The maximum atomic E-state index is 12.8. The summed E-state index contributed by atoms with van der Waals surface area (Å²) in [6, 6.07) is 2.49. The molecule has 3 heterocycles. The summed E-state index contributed by atoms with van der Waals surface area (Å²) in [4.78, 5) is 18.3. The summed E-state index contributed by atoms with van der Waals surface area (Å²) >= 11 is 1.33. The van der Waals surface area contributed by atoms with E-state index in [0.717, 1.165) is 18.5 Å². The zero-order valence-corrected chi connectivity index (χ0v) is 13.2. The van der Waals surface area contributed by atoms with Gasteiger partial charge in [0.25, 0.3) is 5.91 Å². The number of piperazine rings is 1. The first-order chi connectivity index (χ1) is 9.99. The molecule has 2 N–H and O–H groups in total. The highest BCUT2D eigenvalue weighted by Crippen LogP contribution is 2.33. The summed E-state index contributed by atoms with van der Waals surface area (Å²) in [5, 5.41) is 8.70. The third-order valence-electron chi connectivity index (χ3n) is 4.26. The van der Waals surface area contributed by atoms with Crippen molar-refractivity contribution in [1.29, 1.82) is 0 Å². The first-order valence-corrected chi connectivity index (χ1v) is 7.81. The Bertz CT molecular complexity index is 673. The normalized spacial score (nSPS) is 23.7. The van der Waals surface area contributed by atoms with Gasteiger partial charge in [0.15, 0.2) is 0 Å². The highest BCUT2D eigenvalue weighted by Gasteiger charge is 2.31. The molecule has 21 heavy (non-hydrogen) atoms. The molecule has 2 unspecified atom stereocenters. The van der Waals surface area contributed by atoms with Gasteiger partial charge in [0.2, 0.25) is 0 Å². The van der Waals surface area contributed by atoms with Crippen molar-refractivity contribution in [3.8, 4) is 0 Å². The fraction of sp³-hybridized carbons (Fsp3) is 0.500. The first kappa shape index (κ1) is 14.2. The van der Waals surface area contributed by atoms with Crippen LogP contribution in [0.25, 0.3) is 10.2 Å². The molecule has 1 saturated heterocycles. The number of carbonyl (C=O) groups excluding carboxylic acids is 1. The van der Waals surface area contributed by atoms with Gasteiger partial charge in [-0.15, -0.1) is 16.4 Å². The number of amides is 1. The Morgan fingerprint density at radius 3 is 2.67 bits per heavy atom. The molecule has 1 aliphatic heterocycles. The molecule has 112 valence electrons. The van der Waals surface area contributed by atoms with E-state index >= 15 is 0 Å². The van der Waals surface area contributed by atoms with Crippen molar-refractivity contribution in [3.05, 3.63) is 17.1 Å². The highest BCUT2D eigenvalue weighted by atomic mass is 32.1. The number of nitrogens with two attached hydrogens (primary N) is 1. The van der Waals surface area contributed by atoms with E-state index in [0.29, 0.717) is 27.5 Å². The second-order valence-electron chi connectivity index (χ2n) is 5.67. The van der Waals surface area contributed by atoms with Gasteiger partial charge in [-0.2, -0.15) is 5.10 Å². The zero-order valence-electron chi connectivity index (χ0n) is 12.4. The molecular weight excluding hydrogens is 286 g/mol. The van der Waals surface area contributed by atoms with Crippen molar-refractivity contribution >= 4 is 33.1 Å². The van der Waals surface area contributed by atoms with E-state index in [2.05, 4.69) is 36.0 Å². The molecule has 0 aromatic carbocycles. The molecule has 0 saturated carbocycles. The molecule has 0 aliphatic carbocycles. The Hall–Kier alpha value is -1.73. The lowest BCUT2D eigenvalue weighted by atomic mass is 10.1. The van der Waals surface area contributed by atoms with E-state index in [1.807, 2.05) is 4.90 Å². The van der Waals surface area contributed by atoms with Gasteiger partial charge in [0.05, 0.1) is 11.9 Å². The van der Waals surface area contributed by atoms with Crippen LogP contribution in [0.4, 0.5) is 5.69 Å². The average molecular weight is 305 g/mol. The van der Waals surface area contributed by atoms with E-state index in [1.165, 1.54) is 11.3 Å². The van der Waals surface area contributed by atoms with Gasteiger partial charge in [-0.1, -0.05) is 0 Å². The van der Waals surface area contributed by atoms with E-state index in [4.69, 9.17) is 5.73 Å². The number of anilines is 1. The minimum atomic E-state index is 0.00213. The monoisotopic (exact) mass is 305 g/mol. The summed E-state index contributed by atoms with van der Waals surface area (Å²) in [5.74, 6) is 0.00213.